The molecular formula is C24H19N5O3. The maximum absolute atomic E-state index is 10.1. The molecule has 0 aliphatic carbocycles. The van der Waals surface area contributed by atoms with E-state index in [9.17, 15) is 10.2 Å². The minimum absolute atomic E-state index is 0.265. The molecule has 158 valence electrons. The van der Waals surface area contributed by atoms with Crippen molar-refractivity contribution < 1.29 is 14.9 Å². The van der Waals surface area contributed by atoms with Gasteiger partial charge in [-0.15, -0.1) is 0 Å². The van der Waals surface area contributed by atoms with E-state index in [0.717, 1.165) is 16.3 Å². The van der Waals surface area contributed by atoms with E-state index in [4.69, 9.17) is 15.7 Å². The van der Waals surface area contributed by atoms with Gasteiger partial charge >= 0.3 is 0 Å². The van der Waals surface area contributed by atoms with E-state index in [1.54, 1.807) is 16.8 Å². The molecule has 5 rings (SSSR count). The number of fused-ring (bicyclic) bond motifs is 2. The van der Waals surface area contributed by atoms with E-state index in [0.29, 0.717) is 34.4 Å². The minimum Gasteiger partial charge on any atom is -0.394 e. The van der Waals surface area contributed by atoms with Crippen molar-refractivity contribution in [2.45, 2.75) is 24.9 Å². The summed E-state index contributed by atoms with van der Waals surface area (Å²) in [6, 6.07) is 13.5. The number of aromatic nitrogens is 3. The number of ether oxygens (including phenoxy) is 1. The lowest BCUT2D eigenvalue weighted by Gasteiger charge is -2.14. The van der Waals surface area contributed by atoms with Gasteiger partial charge in [0, 0.05) is 18.2 Å². The summed E-state index contributed by atoms with van der Waals surface area (Å²) in [5.74, 6) is 6.63. The molecule has 4 aromatic rings. The summed E-state index contributed by atoms with van der Waals surface area (Å²) < 4.78 is 7.57. The summed E-state index contributed by atoms with van der Waals surface area (Å²) in [5, 5.41) is 31.2. The lowest BCUT2D eigenvalue weighted by molar-refractivity contribution is -0.0430. The van der Waals surface area contributed by atoms with Gasteiger partial charge < -0.3 is 25.3 Å². The smallest absolute Gasteiger partial charge is 0.148 e. The second kappa shape index (κ2) is 7.95. The van der Waals surface area contributed by atoms with Crippen LogP contribution in [0.1, 0.15) is 29.3 Å². The van der Waals surface area contributed by atoms with Gasteiger partial charge in [-0.25, -0.2) is 9.97 Å². The third kappa shape index (κ3) is 3.43. The molecule has 1 aliphatic rings. The van der Waals surface area contributed by atoms with Crippen molar-refractivity contribution in [3.05, 3.63) is 65.6 Å². The molecule has 0 unspecified atom stereocenters. The van der Waals surface area contributed by atoms with E-state index < -0.39 is 18.4 Å². The van der Waals surface area contributed by atoms with Crippen molar-refractivity contribution >= 4 is 27.6 Å². The average Bonchev–Trinajstić information content (AvgIpc) is 3.38. The molecule has 0 saturated carbocycles. The molecule has 8 nitrogen and oxygen atoms in total. The Morgan fingerprint density at radius 3 is 2.59 bits per heavy atom. The second-order valence-corrected chi connectivity index (χ2v) is 7.66. The van der Waals surface area contributed by atoms with E-state index in [1.165, 1.54) is 6.33 Å². The summed E-state index contributed by atoms with van der Waals surface area (Å²) in [6.07, 6.45) is 1.57. The normalized spacial score (nSPS) is 20.2. The van der Waals surface area contributed by atoms with Gasteiger partial charge in [0.25, 0.3) is 0 Å². The zero-order chi connectivity index (χ0) is 22.2. The van der Waals surface area contributed by atoms with Crippen LogP contribution in [0.15, 0.2) is 48.9 Å². The zero-order valence-electron chi connectivity index (χ0n) is 16.9. The Morgan fingerprint density at radius 2 is 1.88 bits per heavy atom. The number of benzene rings is 2. The number of rotatable bonds is 2. The highest BCUT2D eigenvalue weighted by molar-refractivity contribution is 5.92. The third-order valence-corrected chi connectivity index (χ3v) is 5.64. The van der Waals surface area contributed by atoms with Gasteiger partial charge in [-0.05, 0) is 35.0 Å². The zero-order valence-corrected chi connectivity index (χ0v) is 16.9. The second-order valence-electron chi connectivity index (χ2n) is 7.66. The van der Waals surface area contributed by atoms with Crippen LogP contribution < -0.4 is 5.73 Å². The molecule has 0 amide bonds. The van der Waals surface area contributed by atoms with Gasteiger partial charge in [-0.2, -0.15) is 5.26 Å². The molecule has 1 saturated heterocycles. The van der Waals surface area contributed by atoms with E-state index in [1.807, 2.05) is 30.3 Å². The molecule has 8 heteroatoms. The number of nitrogen functional groups attached to an aromatic ring is 1. The maximum atomic E-state index is 10.1. The van der Waals surface area contributed by atoms with Crippen molar-refractivity contribution in [1.29, 1.82) is 5.26 Å². The topological polar surface area (TPSA) is 130 Å². The molecule has 2 aromatic heterocycles. The van der Waals surface area contributed by atoms with E-state index in [2.05, 4.69) is 27.9 Å². The fraction of sp³-hybridized carbons (Fsp3) is 0.208. The fourth-order valence-electron chi connectivity index (χ4n) is 4.01. The van der Waals surface area contributed by atoms with Crippen LogP contribution in [0.25, 0.3) is 21.8 Å². The molecule has 2 aromatic carbocycles. The van der Waals surface area contributed by atoms with Crippen LogP contribution in [-0.4, -0.2) is 43.6 Å². The highest BCUT2D eigenvalue weighted by Crippen LogP contribution is 2.33. The Morgan fingerprint density at radius 1 is 1.12 bits per heavy atom. The molecule has 0 radical (unpaired) electrons. The van der Waals surface area contributed by atoms with Crippen molar-refractivity contribution in [3.8, 4) is 17.9 Å². The number of hydrogen-bond donors (Lipinski definition) is 3. The molecule has 3 atom stereocenters. The largest absolute Gasteiger partial charge is 0.394 e. The lowest BCUT2D eigenvalue weighted by Crippen LogP contribution is -2.24. The molecule has 0 spiro atoms. The van der Waals surface area contributed by atoms with E-state index in [-0.39, 0.29) is 6.61 Å². The average molecular weight is 425 g/mol. The highest BCUT2D eigenvalue weighted by Gasteiger charge is 2.35. The number of nitriles is 1. The van der Waals surface area contributed by atoms with Gasteiger partial charge in [-0.3, -0.25) is 0 Å². The monoisotopic (exact) mass is 425 g/mol. The number of nitrogens with two attached hydrogens (primary N) is 1. The maximum Gasteiger partial charge on any atom is 0.148 e. The molecule has 4 N–H and O–H groups in total. The van der Waals surface area contributed by atoms with Gasteiger partial charge in [0.05, 0.1) is 35.3 Å². The molecular weight excluding hydrogens is 406 g/mol. The number of nitrogens with zero attached hydrogens (tertiary/aromatic N) is 4. The predicted octanol–water partition coefficient (Wildman–Crippen LogP) is 2.08. The molecule has 32 heavy (non-hydrogen) atoms. The number of aliphatic hydroxyl groups excluding tert-OH is 2. The Labute approximate surface area is 183 Å². The van der Waals surface area contributed by atoms with Crippen molar-refractivity contribution in [3.63, 3.8) is 0 Å². The third-order valence-electron chi connectivity index (χ3n) is 5.64. The van der Waals surface area contributed by atoms with Gasteiger partial charge in [0.2, 0.25) is 0 Å². The van der Waals surface area contributed by atoms with Gasteiger partial charge in [-0.1, -0.05) is 24.0 Å². The first kappa shape index (κ1) is 20.0. The van der Waals surface area contributed by atoms with Crippen LogP contribution in [0.4, 0.5) is 5.82 Å². The first-order valence-corrected chi connectivity index (χ1v) is 10.1. The molecule has 3 heterocycles. The van der Waals surface area contributed by atoms with Crippen molar-refractivity contribution in [1.82, 2.24) is 14.5 Å². The summed E-state index contributed by atoms with van der Waals surface area (Å²) in [7, 11) is 0. The number of hydrogen-bond acceptors (Lipinski definition) is 7. The van der Waals surface area contributed by atoms with Crippen LogP contribution in [0.3, 0.4) is 0 Å². The van der Waals surface area contributed by atoms with Crippen LogP contribution in [0, 0.1) is 23.2 Å². The van der Waals surface area contributed by atoms with Crippen LogP contribution in [-0.2, 0) is 4.74 Å². The van der Waals surface area contributed by atoms with Crippen LogP contribution >= 0.6 is 0 Å². The minimum atomic E-state index is -0.768. The fourth-order valence-corrected chi connectivity index (χ4v) is 4.01. The lowest BCUT2D eigenvalue weighted by atomic mass is 10.0. The predicted molar refractivity (Wildman–Crippen MR) is 118 cm³/mol. The van der Waals surface area contributed by atoms with Crippen LogP contribution in [0.2, 0.25) is 0 Å². The number of aliphatic hydroxyl groups is 2. The standard InChI is InChI=1S/C24H19N5O3/c25-10-15-3-5-16-7-14(1-4-17(16)8-15)2-6-18-11-29(21-9-19(31)20(12-30)32-21)24-22(18)23(26)27-13-28-24/h1,3-5,7-8,11,13,19-21,30-31H,9,12H2,(H2,26,27,28)/t19-,20+,21+/m0/s1. The van der Waals surface area contributed by atoms with E-state index >= 15 is 0 Å². The Hall–Kier alpha value is -3.95. The summed E-state index contributed by atoms with van der Waals surface area (Å²) >= 11 is 0. The first-order valence-electron chi connectivity index (χ1n) is 10.1. The van der Waals surface area contributed by atoms with Gasteiger partial charge in [0.15, 0.2) is 0 Å². The SMILES string of the molecule is N#Cc1ccc2cc(C#Cc3cn([C@H]4C[C@H](O)[C@@H](CO)O4)c4ncnc(N)c34)ccc2c1. The quantitative estimate of drug-likeness (QED) is 0.419. The summed E-state index contributed by atoms with van der Waals surface area (Å²) in [4.78, 5) is 8.44. The summed E-state index contributed by atoms with van der Waals surface area (Å²) in [6.45, 7) is -0.265. The Kier molecular flexibility index (Phi) is 4.96. The summed E-state index contributed by atoms with van der Waals surface area (Å²) in [5.41, 5.74) is 8.75. The highest BCUT2D eigenvalue weighted by atomic mass is 16.5. The molecule has 0 bridgehead atoms. The van der Waals surface area contributed by atoms with Crippen molar-refractivity contribution in [2.75, 3.05) is 12.3 Å². The molecule has 1 fully saturated rings. The van der Waals surface area contributed by atoms with Crippen LogP contribution in [0.5, 0.6) is 0 Å². The first-order chi connectivity index (χ1) is 15.6. The molecule has 1 aliphatic heterocycles. The van der Waals surface area contributed by atoms with Gasteiger partial charge in [0.1, 0.15) is 30.1 Å². The Bertz CT molecular complexity index is 1440. The number of anilines is 1. The Balaban J connectivity index is 1.55. The van der Waals surface area contributed by atoms with Crippen molar-refractivity contribution in [2.24, 2.45) is 0 Å².